The number of halogens is 1. The van der Waals surface area contributed by atoms with Crippen molar-refractivity contribution in [1.29, 1.82) is 5.26 Å². The Balaban J connectivity index is 2.77. The summed E-state index contributed by atoms with van der Waals surface area (Å²) in [4.78, 5) is 22.1. The van der Waals surface area contributed by atoms with Crippen LogP contribution in [0.1, 0.15) is 20.8 Å². The van der Waals surface area contributed by atoms with Crippen LogP contribution in [-0.4, -0.2) is 23.0 Å². The topological polar surface area (TPSA) is 105 Å². The van der Waals surface area contributed by atoms with E-state index in [0.717, 1.165) is 6.07 Å². The summed E-state index contributed by atoms with van der Waals surface area (Å²) in [5.74, 6) is -0.707. The first-order valence-corrected chi connectivity index (χ1v) is 6.86. The molecule has 0 aliphatic carbocycles. The maximum atomic E-state index is 11.9. The molecule has 1 N–H and O–H groups in total. The third kappa shape index (κ3) is 4.33. The van der Waals surface area contributed by atoms with Crippen molar-refractivity contribution in [3.8, 4) is 11.8 Å². The minimum Gasteiger partial charge on any atom is -0.477 e. The van der Waals surface area contributed by atoms with Crippen molar-refractivity contribution in [2.24, 2.45) is 5.92 Å². The summed E-state index contributed by atoms with van der Waals surface area (Å²) < 4.78 is 5.16. The Labute approximate surface area is 133 Å². The van der Waals surface area contributed by atoms with Crippen molar-refractivity contribution >= 4 is 23.2 Å². The monoisotopic (exact) mass is 325 g/mol. The van der Waals surface area contributed by atoms with E-state index in [1.165, 1.54) is 12.1 Å². The van der Waals surface area contributed by atoms with Crippen LogP contribution >= 0.6 is 11.6 Å². The number of nitro benzene ring substituents is 1. The predicted molar refractivity (Wildman–Crippen MR) is 80.6 cm³/mol. The average Bonchev–Trinajstić information content (AvgIpc) is 2.45. The van der Waals surface area contributed by atoms with Gasteiger partial charge in [0.25, 0.3) is 5.91 Å². The second kappa shape index (κ2) is 7.09. The fourth-order valence-electron chi connectivity index (χ4n) is 1.53. The number of hydrogen-bond acceptors (Lipinski definition) is 5. The molecule has 7 nitrogen and oxygen atoms in total. The van der Waals surface area contributed by atoms with Gasteiger partial charge < -0.3 is 10.1 Å². The van der Waals surface area contributed by atoms with Crippen LogP contribution in [0.5, 0.6) is 5.75 Å². The lowest BCUT2D eigenvalue weighted by Crippen LogP contribution is -2.50. The smallest absolute Gasteiger partial charge is 0.312 e. The molecule has 0 heterocycles. The number of hydrogen-bond donors (Lipinski definition) is 1. The molecule has 0 aliphatic heterocycles. The van der Waals surface area contributed by atoms with E-state index in [1.807, 2.05) is 6.07 Å². The maximum Gasteiger partial charge on any atom is 0.312 e. The first-order chi connectivity index (χ1) is 10.2. The summed E-state index contributed by atoms with van der Waals surface area (Å²) in [7, 11) is 0. The van der Waals surface area contributed by atoms with Crippen LogP contribution in [0.15, 0.2) is 18.2 Å². The fraction of sp³-hybridized carbons (Fsp3) is 0.429. The van der Waals surface area contributed by atoms with Gasteiger partial charge in [-0.25, -0.2) is 0 Å². The summed E-state index contributed by atoms with van der Waals surface area (Å²) in [5.41, 5.74) is -1.36. The number of benzene rings is 1. The van der Waals surface area contributed by atoms with Crippen LogP contribution in [0.3, 0.4) is 0 Å². The number of carbonyl (C=O) groups is 1. The maximum absolute atomic E-state index is 11.9. The molecule has 1 atom stereocenters. The summed E-state index contributed by atoms with van der Waals surface area (Å²) in [6.45, 7) is 4.76. The molecule has 118 valence electrons. The number of nitrogens with zero attached hydrogens (tertiary/aromatic N) is 2. The first kappa shape index (κ1) is 17.7. The zero-order valence-corrected chi connectivity index (χ0v) is 13.2. The van der Waals surface area contributed by atoms with Gasteiger partial charge >= 0.3 is 5.69 Å². The normalized spacial score (nSPS) is 13.1. The molecule has 22 heavy (non-hydrogen) atoms. The summed E-state index contributed by atoms with van der Waals surface area (Å²) in [6, 6.07) is 5.92. The van der Waals surface area contributed by atoms with Gasteiger partial charge in [0.2, 0.25) is 0 Å². The molecule has 1 aromatic rings. The quantitative estimate of drug-likeness (QED) is 0.639. The fourth-order valence-corrected chi connectivity index (χ4v) is 1.69. The lowest BCUT2D eigenvalue weighted by atomic mass is 9.90. The Hall–Kier alpha value is -2.33. The lowest BCUT2D eigenvalue weighted by Gasteiger charge is -2.27. The molecule has 0 radical (unpaired) electrons. The lowest BCUT2D eigenvalue weighted by molar-refractivity contribution is -0.385. The van der Waals surface area contributed by atoms with Crippen LogP contribution in [0.25, 0.3) is 0 Å². The minimum atomic E-state index is -1.04. The van der Waals surface area contributed by atoms with E-state index in [0.29, 0.717) is 0 Å². The highest BCUT2D eigenvalue weighted by atomic mass is 35.5. The first-order valence-electron chi connectivity index (χ1n) is 6.48. The van der Waals surface area contributed by atoms with Crippen LogP contribution in [0.4, 0.5) is 5.69 Å². The Morgan fingerprint density at radius 3 is 2.73 bits per heavy atom. The highest BCUT2D eigenvalue weighted by Crippen LogP contribution is 2.29. The van der Waals surface area contributed by atoms with E-state index in [4.69, 9.17) is 21.6 Å². The van der Waals surface area contributed by atoms with Crippen molar-refractivity contribution < 1.29 is 14.5 Å². The highest BCUT2D eigenvalue weighted by molar-refractivity contribution is 6.30. The van der Waals surface area contributed by atoms with Crippen LogP contribution in [-0.2, 0) is 4.79 Å². The Bertz CT molecular complexity index is 627. The Morgan fingerprint density at radius 2 is 2.23 bits per heavy atom. The molecule has 0 fully saturated rings. The number of ether oxygens (including phenoxy) is 1. The molecule has 8 heteroatoms. The molecular formula is C14H16ClN3O4. The Morgan fingerprint density at radius 1 is 1.59 bits per heavy atom. The van der Waals surface area contributed by atoms with Crippen molar-refractivity contribution in [3.63, 3.8) is 0 Å². The van der Waals surface area contributed by atoms with Gasteiger partial charge in [0.05, 0.1) is 11.0 Å². The number of rotatable bonds is 6. The molecular weight excluding hydrogens is 310 g/mol. The number of nitrogens with one attached hydrogen (secondary N) is 1. The molecule has 0 bridgehead atoms. The summed E-state index contributed by atoms with van der Waals surface area (Å²) in [5, 5.41) is 22.8. The van der Waals surface area contributed by atoms with Gasteiger partial charge in [0, 0.05) is 11.1 Å². The van der Waals surface area contributed by atoms with Crippen LogP contribution < -0.4 is 10.1 Å². The molecule has 1 rings (SSSR count). The standard InChI is InChI=1S/C14H16ClN3O4/c1-9(2)14(3,8-16)17-13(19)7-22-12-5-4-10(15)6-11(12)18(20)21/h4-6,9H,7H2,1-3H3,(H,17,19)/t14-/m0/s1. The van der Waals surface area contributed by atoms with Crippen molar-refractivity contribution in [3.05, 3.63) is 33.3 Å². The van der Waals surface area contributed by atoms with E-state index in [-0.39, 0.29) is 22.4 Å². The van der Waals surface area contributed by atoms with E-state index >= 15 is 0 Å². The van der Waals surface area contributed by atoms with E-state index in [1.54, 1.807) is 20.8 Å². The van der Waals surface area contributed by atoms with Crippen molar-refractivity contribution in [2.45, 2.75) is 26.3 Å². The predicted octanol–water partition coefficient (Wildman–Crippen LogP) is 2.68. The van der Waals surface area contributed by atoms with E-state index in [9.17, 15) is 14.9 Å². The number of nitriles is 1. The molecule has 0 saturated carbocycles. The number of nitro groups is 1. The average molecular weight is 326 g/mol. The zero-order chi connectivity index (χ0) is 16.9. The second-order valence-corrected chi connectivity index (χ2v) is 5.61. The third-order valence-corrected chi connectivity index (χ3v) is 3.50. The highest BCUT2D eigenvalue weighted by Gasteiger charge is 2.30. The molecule has 0 unspecified atom stereocenters. The van der Waals surface area contributed by atoms with E-state index in [2.05, 4.69) is 5.32 Å². The van der Waals surface area contributed by atoms with Crippen LogP contribution in [0.2, 0.25) is 5.02 Å². The van der Waals surface area contributed by atoms with Gasteiger partial charge in [-0.2, -0.15) is 5.26 Å². The molecule has 0 saturated heterocycles. The second-order valence-electron chi connectivity index (χ2n) is 5.17. The largest absolute Gasteiger partial charge is 0.477 e. The summed E-state index contributed by atoms with van der Waals surface area (Å²) in [6.07, 6.45) is 0. The molecule has 0 spiro atoms. The van der Waals surface area contributed by atoms with Gasteiger partial charge in [0.15, 0.2) is 12.4 Å². The zero-order valence-electron chi connectivity index (χ0n) is 12.4. The molecule has 1 amide bonds. The van der Waals surface area contributed by atoms with Gasteiger partial charge in [-0.05, 0) is 25.0 Å². The van der Waals surface area contributed by atoms with Crippen LogP contribution in [0, 0.1) is 27.4 Å². The Kier molecular flexibility index (Phi) is 5.71. The van der Waals surface area contributed by atoms with E-state index < -0.39 is 23.0 Å². The summed E-state index contributed by atoms with van der Waals surface area (Å²) >= 11 is 5.69. The number of carbonyl (C=O) groups excluding carboxylic acids is 1. The molecule has 0 aromatic heterocycles. The van der Waals surface area contributed by atoms with Crippen molar-refractivity contribution in [2.75, 3.05) is 6.61 Å². The number of amides is 1. The third-order valence-electron chi connectivity index (χ3n) is 3.26. The minimum absolute atomic E-state index is 0.0623. The molecule has 1 aromatic carbocycles. The van der Waals surface area contributed by atoms with Gasteiger partial charge in [-0.3, -0.25) is 14.9 Å². The van der Waals surface area contributed by atoms with Gasteiger partial charge in [0.1, 0.15) is 5.54 Å². The molecule has 0 aliphatic rings. The van der Waals surface area contributed by atoms with Gasteiger partial charge in [-0.1, -0.05) is 25.4 Å². The van der Waals surface area contributed by atoms with Gasteiger partial charge in [-0.15, -0.1) is 0 Å². The van der Waals surface area contributed by atoms with Crippen molar-refractivity contribution in [1.82, 2.24) is 5.32 Å². The SMILES string of the molecule is CC(C)[C@](C)(C#N)NC(=O)COc1ccc(Cl)cc1[N+](=O)[O-].